The number of benzene rings is 1. The summed E-state index contributed by atoms with van der Waals surface area (Å²) < 4.78 is 5.33. The van der Waals surface area contributed by atoms with Crippen molar-refractivity contribution in [2.45, 2.75) is 38.3 Å². The number of nitrogens with one attached hydrogen (secondary N) is 1. The van der Waals surface area contributed by atoms with E-state index in [1.807, 2.05) is 0 Å². The molecule has 1 fully saturated rings. The van der Waals surface area contributed by atoms with Crippen molar-refractivity contribution in [1.29, 1.82) is 0 Å². The maximum atomic E-state index is 5.33. The van der Waals surface area contributed by atoms with E-state index in [-0.39, 0.29) is 0 Å². The molecule has 0 amide bonds. The van der Waals surface area contributed by atoms with E-state index in [1.165, 1.54) is 18.4 Å². The second-order valence-electron chi connectivity index (χ2n) is 4.46. The zero-order chi connectivity index (χ0) is 11.2. The molecular weight excluding hydrogens is 198 g/mol. The van der Waals surface area contributed by atoms with Crippen LogP contribution in [0, 0.1) is 0 Å². The standard InChI is InChI=1S/C14H21NO/c1-2-3-9-15-14(10-13-11-16-13)12-7-5-4-6-8-12/h4-8,13-15H,2-3,9-11H2,1H3/t13-,14-/m1/s1. The van der Waals surface area contributed by atoms with E-state index in [0.29, 0.717) is 12.1 Å². The maximum absolute atomic E-state index is 5.33. The number of hydrogen-bond acceptors (Lipinski definition) is 2. The minimum Gasteiger partial charge on any atom is -0.373 e. The van der Waals surface area contributed by atoms with Crippen molar-refractivity contribution in [2.75, 3.05) is 13.2 Å². The third kappa shape index (κ3) is 3.62. The molecule has 0 saturated carbocycles. The van der Waals surface area contributed by atoms with Crippen LogP contribution in [0.5, 0.6) is 0 Å². The minimum absolute atomic E-state index is 0.459. The molecule has 1 aromatic rings. The van der Waals surface area contributed by atoms with Crippen molar-refractivity contribution in [3.8, 4) is 0 Å². The quantitative estimate of drug-likeness (QED) is 0.563. The Hall–Kier alpha value is -0.860. The lowest BCUT2D eigenvalue weighted by Gasteiger charge is -2.18. The topological polar surface area (TPSA) is 24.6 Å². The average molecular weight is 219 g/mol. The van der Waals surface area contributed by atoms with Gasteiger partial charge < -0.3 is 10.1 Å². The molecule has 2 nitrogen and oxygen atoms in total. The smallest absolute Gasteiger partial charge is 0.0828 e. The van der Waals surface area contributed by atoms with Gasteiger partial charge in [0.15, 0.2) is 0 Å². The van der Waals surface area contributed by atoms with Crippen LogP contribution >= 0.6 is 0 Å². The molecule has 2 heteroatoms. The first-order chi connectivity index (χ1) is 7.90. The Morgan fingerprint density at radius 3 is 2.75 bits per heavy atom. The second kappa shape index (κ2) is 6.02. The molecule has 0 radical (unpaired) electrons. The number of epoxide rings is 1. The van der Waals surface area contributed by atoms with Gasteiger partial charge in [0.1, 0.15) is 0 Å². The molecule has 1 aromatic carbocycles. The summed E-state index contributed by atoms with van der Waals surface area (Å²) in [6.45, 7) is 4.27. The Balaban J connectivity index is 1.90. The molecule has 0 bridgehead atoms. The molecule has 0 aromatic heterocycles. The summed E-state index contributed by atoms with van der Waals surface area (Å²) in [5.74, 6) is 0. The van der Waals surface area contributed by atoms with Crippen molar-refractivity contribution in [3.63, 3.8) is 0 Å². The van der Waals surface area contributed by atoms with Gasteiger partial charge in [-0.3, -0.25) is 0 Å². The fourth-order valence-corrected chi connectivity index (χ4v) is 1.94. The first-order valence-corrected chi connectivity index (χ1v) is 6.30. The van der Waals surface area contributed by atoms with Gasteiger partial charge in [-0.25, -0.2) is 0 Å². The van der Waals surface area contributed by atoms with Gasteiger partial charge in [-0.2, -0.15) is 0 Å². The molecule has 2 rings (SSSR count). The molecule has 1 heterocycles. The predicted molar refractivity (Wildman–Crippen MR) is 66.5 cm³/mol. The maximum Gasteiger partial charge on any atom is 0.0828 e. The third-order valence-electron chi connectivity index (χ3n) is 3.02. The summed E-state index contributed by atoms with van der Waals surface area (Å²) in [5.41, 5.74) is 1.38. The van der Waals surface area contributed by atoms with Crippen LogP contribution < -0.4 is 5.32 Å². The van der Waals surface area contributed by atoms with Gasteiger partial charge in [-0.1, -0.05) is 43.7 Å². The van der Waals surface area contributed by atoms with Gasteiger partial charge in [-0.15, -0.1) is 0 Å². The molecule has 1 saturated heterocycles. The highest BCUT2D eigenvalue weighted by Crippen LogP contribution is 2.25. The van der Waals surface area contributed by atoms with Crippen LogP contribution in [0.4, 0.5) is 0 Å². The first kappa shape index (κ1) is 11.6. The van der Waals surface area contributed by atoms with E-state index in [0.717, 1.165) is 19.6 Å². The normalized spacial score (nSPS) is 20.7. The Morgan fingerprint density at radius 2 is 2.12 bits per heavy atom. The van der Waals surface area contributed by atoms with Crippen LogP contribution in [0.25, 0.3) is 0 Å². The van der Waals surface area contributed by atoms with Crippen LogP contribution in [-0.2, 0) is 4.74 Å². The van der Waals surface area contributed by atoms with Crippen LogP contribution in [0.15, 0.2) is 30.3 Å². The van der Waals surface area contributed by atoms with Crippen LogP contribution in [0.2, 0.25) is 0 Å². The van der Waals surface area contributed by atoms with Crippen molar-refractivity contribution < 1.29 is 4.74 Å². The molecule has 0 unspecified atom stereocenters. The highest BCUT2D eigenvalue weighted by Gasteiger charge is 2.26. The molecule has 0 aliphatic carbocycles. The monoisotopic (exact) mass is 219 g/mol. The van der Waals surface area contributed by atoms with Crippen molar-refractivity contribution in [3.05, 3.63) is 35.9 Å². The van der Waals surface area contributed by atoms with E-state index in [2.05, 4.69) is 42.6 Å². The molecule has 1 aliphatic heterocycles. The Labute approximate surface area is 98.0 Å². The van der Waals surface area contributed by atoms with E-state index in [4.69, 9.17) is 4.74 Å². The molecular formula is C14H21NO. The Morgan fingerprint density at radius 1 is 1.38 bits per heavy atom. The minimum atomic E-state index is 0.459. The zero-order valence-corrected chi connectivity index (χ0v) is 9.99. The molecule has 88 valence electrons. The van der Waals surface area contributed by atoms with Gasteiger partial charge in [-0.05, 0) is 24.9 Å². The van der Waals surface area contributed by atoms with Crippen LogP contribution in [0.1, 0.15) is 37.8 Å². The van der Waals surface area contributed by atoms with Gasteiger partial charge >= 0.3 is 0 Å². The molecule has 0 spiro atoms. The van der Waals surface area contributed by atoms with Crippen molar-refractivity contribution in [1.82, 2.24) is 5.32 Å². The first-order valence-electron chi connectivity index (χ1n) is 6.30. The fraction of sp³-hybridized carbons (Fsp3) is 0.571. The molecule has 16 heavy (non-hydrogen) atoms. The average Bonchev–Trinajstić information content (AvgIpc) is 3.13. The highest BCUT2D eigenvalue weighted by molar-refractivity contribution is 5.19. The lowest BCUT2D eigenvalue weighted by atomic mass is 10.0. The van der Waals surface area contributed by atoms with E-state index in [1.54, 1.807) is 0 Å². The van der Waals surface area contributed by atoms with Gasteiger partial charge in [0.25, 0.3) is 0 Å². The van der Waals surface area contributed by atoms with Gasteiger partial charge in [0.2, 0.25) is 0 Å². The van der Waals surface area contributed by atoms with Crippen LogP contribution in [-0.4, -0.2) is 19.3 Å². The van der Waals surface area contributed by atoms with E-state index < -0.39 is 0 Å². The summed E-state index contributed by atoms with van der Waals surface area (Å²) in [6.07, 6.45) is 4.08. The lowest BCUT2D eigenvalue weighted by molar-refractivity contribution is 0.361. The summed E-state index contributed by atoms with van der Waals surface area (Å²) in [7, 11) is 0. The lowest BCUT2D eigenvalue weighted by Crippen LogP contribution is -2.23. The fourth-order valence-electron chi connectivity index (χ4n) is 1.94. The van der Waals surface area contributed by atoms with E-state index >= 15 is 0 Å². The van der Waals surface area contributed by atoms with Gasteiger partial charge in [0.05, 0.1) is 12.7 Å². The number of unbranched alkanes of at least 4 members (excludes halogenated alkanes) is 1. The predicted octanol–water partition coefficient (Wildman–Crippen LogP) is 2.91. The summed E-state index contributed by atoms with van der Waals surface area (Å²) in [4.78, 5) is 0. The summed E-state index contributed by atoms with van der Waals surface area (Å²) in [6, 6.07) is 11.1. The van der Waals surface area contributed by atoms with Crippen molar-refractivity contribution in [2.24, 2.45) is 0 Å². The Bertz CT molecular complexity index is 295. The summed E-state index contributed by atoms with van der Waals surface area (Å²) >= 11 is 0. The van der Waals surface area contributed by atoms with Crippen molar-refractivity contribution >= 4 is 0 Å². The molecule has 1 N–H and O–H groups in total. The van der Waals surface area contributed by atoms with E-state index in [9.17, 15) is 0 Å². The summed E-state index contributed by atoms with van der Waals surface area (Å²) in [5, 5.41) is 3.63. The number of ether oxygens (including phenoxy) is 1. The number of hydrogen-bond donors (Lipinski definition) is 1. The largest absolute Gasteiger partial charge is 0.373 e. The number of rotatable bonds is 7. The Kier molecular flexibility index (Phi) is 4.37. The van der Waals surface area contributed by atoms with Gasteiger partial charge in [0, 0.05) is 6.04 Å². The third-order valence-corrected chi connectivity index (χ3v) is 3.02. The SMILES string of the molecule is CCCCN[C@H](C[C@@H]1CO1)c1ccccc1. The second-order valence-corrected chi connectivity index (χ2v) is 4.46. The molecule has 2 atom stereocenters. The van der Waals surface area contributed by atoms with Crippen LogP contribution in [0.3, 0.4) is 0 Å². The zero-order valence-electron chi connectivity index (χ0n) is 9.99. The molecule has 1 aliphatic rings. The highest BCUT2D eigenvalue weighted by atomic mass is 16.6.